The third kappa shape index (κ3) is 6.57. The minimum Gasteiger partial charge on any atom is -0.383 e. The maximum absolute atomic E-state index is 11.7. The minimum atomic E-state index is -0.105. The SMILES string of the molecule is CCNC(=NCc1c(CC)noc1CC)NCC(=O)NCCOC. The highest BCUT2D eigenvalue weighted by Gasteiger charge is 2.13. The fraction of sp³-hybridized carbons (Fsp3) is 0.688. The molecule has 0 saturated carbocycles. The molecule has 0 unspecified atom stereocenters. The summed E-state index contributed by atoms with van der Waals surface area (Å²) in [4.78, 5) is 16.3. The number of carbonyl (C=O) groups is 1. The number of nitrogens with one attached hydrogen (secondary N) is 3. The molecule has 1 amide bonds. The van der Waals surface area contributed by atoms with Crippen LogP contribution in [-0.2, 0) is 28.9 Å². The number of guanidine groups is 1. The summed E-state index contributed by atoms with van der Waals surface area (Å²) >= 11 is 0. The van der Waals surface area contributed by atoms with E-state index in [1.165, 1.54) is 0 Å². The molecular weight excluding hydrogens is 310 g/mol. The van der Waals surface area contributed by atoms with Crippen LogP contribution in [0.3, 0.4) is 0 Å². The van der Waals surface area contributed by atoms with Gasteiger partial charge in [-0.2, -0.15) is 0 Å². The van der Waals surface area contributed by atoms with Crippen LogP contribution in [0.15, 0.2) is 9.52 Å². The lowest BCUT2D eigenvalue weighted by Gasteiger charge is -2.11. The molecule has 0 aliphatic rings. The zero-order chi connectivity index (χ0) is 17.8. The Bertz CT molecular complexity index is 506. The van der Waals surface area contributed by atoms with Crippen molar-refractivity contribution >= 4 is 11.9 Å². The van der Waals surface area contributed by atoms with Crippen LogP contribution in [0, 0.1) is 0 Å². The molecule has 0 spiro atoms. The molecule has 0 atom stereocenters. The van der Waals surface area contributed by atoms with Gasteiger partial charge in [-0.3, -0.25) is 4.79 Å². The maximum Gasteiger partial charge on any atom is 0.239 e. The highest BCUT2D eigenvalue weighted by Crippen LogP contribution is 2.16. The third-order valence-corrected chi connectivity index (χ3v) is 3.39. The largest absolute Gasteiger partial charge is 0.383 e. The van der Waals surface area contributed by atoms with Crippen molar-refractivity contribution < 1.29 is 14.1 Å². The summed E-state index contributed by atoms with van der Waals surface area (Å²) in [6, 6.07) is 0. The van der Waals surface area contributed by atoms with Crippen molar-refractivity contribution in [3.63, 3.8) is 0 Å². The summed E-state index contributed by atoms with van der Waals surface area (Å²) in [5.74, 6) is 1.35. The number of carbonyl (C=O) groups excluding carboxylic acids is 1. The molecule has 24 heavy (non-hydrogen) atoms. The first-order valence-corrected chi connectivity index (χ1v) is 8.40. The lowest BCUT2D eigenvalue weighted by molar-refractivity contribution is -0.120. The normalized spacial score (nSPS) is 11.4. The van der Waals surface area contributed by atoms with Crippen LogP contribution in [0.4, 0.5) is 0 Å². The smallest absolute Gasteiger partial charge is 0.239 e. The number of hydrogen-bond acceptors (Lipinski definition) is 5. The van der Waals surface area contributed by atoms with Crippen molar-refractivity contribution in [1.29, 1.82) is 0 Å². The number of aryl methyl sites for hydroxylation is 2. The molecule has 1 aromatic heterocycles. The Morgan fingerprint density at radius 2 is 2.00 bits per heavy atom. The molecule has 0 aliphatic carbocycles. The van der Waals surface area contributed by atoms with E-state index in [4.69, 9.17) is 9.26 Å². The van der Waals surface area contributed by atoms with Gasteiger partial charge in [0.2, 0.25) is 5.91 Å². The van der Waals surface area contributed by atoms with E-state index >= 15 is 0 Å². The summed E-state index contributed by atoms with van der Waals surface area (Å²) < 4.78 is 10.2. The zero-order valence-corrected chi connectivity index (χ0v) is 15.1. The van der Waals surface area contributed by atoms with E-state index in [1.54, 1.807) is 7.11 Å². The molecule has 1 rings (SSSR count). The second-order valence-corrected chi connectivity index (χ2v) is 5.13. The standard InChI is InChI=1S/C16H29N5O3/c1-5-13-12(14(6-2)24-21-13)10-19-16(17-7-3)20-11-15(22)18-8-9-23-4/h5-11H2,1-4H3,(H,18,22)(H2,17,19,20). The van der Waals surface area contributed by atoms with Gasteiger partial charge in [0.15, 0.2) is 5.96 Å². The highest BCUT2D eigenvalue weighted by molar-refractivity contribution is 5.86. The Labute approximate surface area is 143 Å². The van der Waals surface area contributed by atoms with Crippen molar-refractivity contribution in [2.45, 2.75) is 40.2 Å². The highest BCUT2D eigenvalue weighted by atomic mass is 16.5. The number of hydrogen-bond donors (Lipinski definition) is 3. The molecule has 0 bridgehead atoms. The van der Waals surface area contributed by atoms with Gasteiger partial charge in [-0.15, -0.1) is 0 Å². The molecule has 0 saturated heterocycles. The average molecular weight is 339 g/mol. The van der Waals surface area contributed by atoms with Gasteiger partial charge in [0.25, 0.3) is 0 Å². The van der Waals surface area contributed by atoms with E-state index in [0.29, 0.717) is 32.2 Å². The van der Waals surface area contributed by atoms with Gasteiger partial charge in [-0.05, 0) is 13.3 Å². The average Bonchev–Trinajstić information content (AvgIpc) is 2.99. The molecule has 0 aliphatic heterocycles. The molecule has 0 aromatic carbocycles. The molecule has 8 heteroatoms. The predicted molar refractivity (Wildman–Crippen MR) is 93.0 cm³/mol. The molecule has 1 heterocycles. The number of methoxy groups -OCH3 is 1. The van der Waals surface area contributed by atoms with Crippen LogP contribution in [0.1, 0.15) is 37.8 Å². The first-order chi connectivity index (χ1) is 11.7. The number of amides is 1. The van der Waals surface area contributed by atoms with Gasteiger partial charge >= 0.3 is 0 Å². The molecule has 136 valence electrons. The Morgan fingerprint density at radius 3 is 2.62 bits per heavy atom. The lowest BCUT2D eigenvalue weighted by atomic mass is 10.1. The summed E-state index contributed by atoms with van der Waals surface area (Å²) in [6.07, 6.45) is 1.59. The number of rotatable bonds is 10. The van der Waals surface area contributed by atoms with Gasteiger partial charge in [-0.1, -0.05) is 19.0 Å². The fourth-order valence-corrected chi connectivity index (χ4v) is 2.14. The van der Waals surface area contributed by atoms with Gasteiger partial charge in [-0.25, -0.2) is 4.99 Å². The minimum absolute atomic E-state index is 0.105. The van der Waals surface area contributed by atoms with E-state index in [2.05, 4.69) is 26.1 Å². The van der Waals surface area contributed by atoms with Crippen molar-refractivity contribution in [3.8, 4) is 0 Å². The van der Waals surface area contributed by atoms with Crippen LogP contribution >= 0.6 is 0 Å². The Hall–Kier alpha value is -2.09. The molecule has 8 nitrogen and oxygen atoms in total. The number of ether oxygens (including phenoxy) is 1. The topological polar surface area (TPSA) is 101 Å². The number of aromatic nitrogens is 1. The number of aliphatic imine (C=N–C) groups is 1. The third-order valence-electron chi connectivity index (χ3n) is 3.39. The summed E-state index contributed by atoms with van der Waals surface area (Å²) in [6.45, 7) is 8.36. The maximum atomic E-state index is 11.7. The van der Waals surface area contributed by atoms with Crippen molar-refractivity contribution in [1.82, 2.24) is 21.1 Å². The second-order valence-electron chi connectivity index (χ2n) is 5.13. The van der Waals surface area contributed by atoms with Crippen molar-refractivity contribution in [2.75, 3.05) is 33.4 Å². The first-order valence-electron chi connectivity index (χ1n) is 8.40. The molecule has 0 fully saturated rings. The van der Waals surface area contributed by atoms with Crippen molar-refractivity contribution in [2.24, 2.45) is 4.99 Å². The summed E-state index contributed by atoms with van der Waals surface area (Å²) in [5, 5.41) is 13.0. The Kier molecular flexibility index (Phi) is 9.52. The zero-order valence-electron chi connectivity index (χ0n) is 15.1. The van der Waals surface area contributed by atoms with Crippen LogP contribution in [0.5, 0.6) is 0 Å². The van der Waals surface area contributed by atoms with Crippen LogP contribution < -0.4 is 16.0 Å². The first kappa shape index (κ1) is 20.0. The fourth-order valence-electron chi connectivity index (χ4n) is 2.14. The predicted octanol–water partition coefficient (Wildman–Crippen LogP) is 0.617. The van der Waals surface area contributed by atoms with Crippen LogP contribution in [0.25, 0.3) is 0 Å². The van der Waals surface area contributed by atoms with Crippen LogP contribution in [0.2, 0.25) is 0 Å². The molecule has 1 aromatic rings. The van der Waals surface area contributed by atoms with E-state index in [-0.39, 0.29) is 12.5 Å². The summed E-state index contributed by atoms with van der Waals surface area (Å²) in [5.41, 5.74) is 1.96. The molecule has 0 radical (unpaired) electrons. The van der Waals surface area contributed by atoms with Gasteiger partial charge in [0.1, 0.15) is 5.76 Å². The second kappa shape index (κ2) is 11.4. The summed E-state index contributed by atoms with van der Waals surface area (Å²) in [7, 11) is 1.60. The van der Waals surface area contributed by atoms with E-state index in [1.807, 2.05) is 20.8 Å². The Balaban J connectivity index is 2.62. The van der Waals surface area contributed by atoms with Gasteiger partial charge in [0, 0.05) is 32.2 Å². The van der Waals surface area contributed by atoms with E-state index in [9.17, 15) is 4.79 Å². The molecular formula is C16H29N5O3. The van der Waals surface area contributed by atoms with E-state index < -0.39 is 0 Å². The van der Waals surface area contributed by atoms with Crippen molar-refractivity contribution in [3.05, 3.63) is 17.0 Å². The Morgan fingerprint density at radius 1 is 1.21 bits per heavy atom. The van der Waals surface area contributed by atoms with Crippen LogP contribution in [-0.4, -0.2) is 50.4 Å². The van der Waals surface area contributed by atoms with Gasteiger partial charge < -0.3 is 25.2 Å². The van der Waals surface area contributed by atoms with Gasteiger partial charge in [0.05, 0.1) is 25.4 Å². The number of nitrogens with zero attached hydrogens (tertiary/aromatic N) is 2. The lowest BCUT2D eigenvalue weighted by Crippen LogP contribution is -2.43. The molecule has 3 N–H and O–H groups in total. The van der Waals surface area contributed by atoms with E-state index in [0.717, 1.165) is 29.9 Å². The monoisotopic (exact) mass is 339 g/mol. The quantitative estimate of drug-likeness (QED) is 0.328.